The van der Waals surface area contributed by atoms with E-state index in [-0.39, 0.29) is 17.9 Å². The van der Waals surface area contributed by atoms with Gasteiger partial charge >= 0.3 is 0 Å². The van der Waals surface area contributed by atoms with Gasteiger partial charge in [0.1, 0.15) is 0 Å². The van der Waals surface area contributed by atoms with E-state index in [1.165, 1.54) is 17.2 Å². The van der Waals surface area contributed by atoms with Crippen LogP contribution in [0.1, 0.15) is 36.4 Å². The van der Waals surface area contributed by atoms with Crippen molar-refractivity contribution >= 4 is 17.7 Å². The van der Waals surface area contributed by atoms with Crippen LogP contribution in [0.2, 0.25) is 0 Å². The summed E-state index contributed by atoms with van der Waals surface area (Å²) in [5, 5.41) is 6.41. The molecular formula is C23H22N2O. The quantitative estimate of drug-likeness (QED) is 0.723. The fraction of sp³-hybridized carbons (Fsp3) is 0.217. The molecule has 1 aliphatic heterocycles. The Labute approximate surface area is 154 Å². The van der Waals surface area contributed by atoms with Crippen molar-refractivity contribution in [3.05, 3.63) is 90.0 Å². The second kappa shape index (κ2) is 7.12. The first-order valence-electron chi connectivity index (χ1n) is 9.13. The molecule has 0 N–H and O–H groups in total. The fourth-order valence-electron chi connectivity index (χ4n) is 4.01. The van der Waals surface area contributed by atoms with Crippen molar-refractivity contribution in [1.29, 1.82) is 0 Å². The first-order valence-corrected chi connectivity index (χ1v) is 9.13. The topological polar surface area (TPSA) is 32.7 Å². The number of fused-ring (bicyclic) bond motifs is 1. The monoisotopic (exact) mass is 342 g/mol. The number of hydrogen-bond acceptors (Lipinski definition) is 2. The van der Waals surface area contributed by atoms with Crippen LogP contribution in [0.25, 0.3) is 6.08 Å². The van der Waals surface area contributed by atoms with E-state index in [0.717, 1.165) is 30.5 Å². The Morgan fingerprint density at radius 1 is 1.08 bits per heavy atom. The van der Waals surface area contributed by atoms with Crippen LogP contribution in [0, 0.1) is 5.92 Å². The van der Waals surface area contributed by atoms with Crippen molar-refractivity contribution in [2.75, 3.05) is 0 Å². The van der Waals surface area contributed by atoms with E-state index in [2.05, 4.69) is 36.9 Å². The summed E-state index contributed by atoms with van der Waals surface area (Å²) in [6.45, 7) is 3.66. The van der Waals surface area contributed by atoms with Crippen molar-refractivity contribution in [1.82, 2.24) is 5.01 Å². The van der Waals surface area contributed by atoms with Crippen LogP contribution in [-0.4, -0.2) is 16.6 Å². The standard InChI is InChI=1S/C23H22N2O/c1-2-21(26)25-23(18-12-7-4-8-13-18)20-15-9-14-19(22(20)24-25)16-17-10-5-3-6-11-17/h2-8,10-13,16,20,23H,1,9,14-15H2. The number of hydrogen-bond donors (Lipinski definition) is 0. The van der Waals surface area contributed by atoms with Crippen LogP contribution in [0.3, 0.4) is 0 Å². The molecule has 130 valence electrons. The summed E-state index contributed by atoms with van der Waals surface area (Å²) in [4.78, 5) is 12.5. The molecule has 1 amide bonds. The van der Waals surface area contributed by atoms with E-state index in [1.807, 2.05) is 36.4 Å². The average molecular weight is 342 g/mol. The lowest BCUT2D eigenvalue weighted by Crippen LogP contribution is -2.30. The molecule has 26 heavy (non-hydrogen) atoms. The van der Waals surface area contributed by atoms with Gasteiger partial charge in [0, 0.05) is 5.92 Å². The van der Waals surface area contributed by atoms with E-state index in [4.69, 9.17) is 5.10 Å². The van der Waals surface area contributed by atoms with Crippen LogP contribution in [0.4, 0.5) is 0 Å². The molecule has 0 bridgehead atoms. The highest BCUT2D eigenvalue weighted by Gasteiger charge is 2.42. The molecule has 3 nitrogen and oxygen atoms in total. The molecule has 0 spiro atoms. The summed E-state index contributed by atoms with van der Waals surface area (Å²) in [5.41, 5.74) is 4.61. The zero-order valence-electron chi connectivity index (χ0n) is 14.7. The van der Waals surface area contributed by atoms with Gasteiger partial charge in [0.15, 0.2) is 0 Å². The van der Waals surface area contributed by atoms with Crippen molar-refractivity contribution in [3.63, 3.8) is 0 Å². The highest BCUT2D eigenvalue weighted by molar-refractivity contribution is 6.08. The van der Waals surface area contributed by atoms with Gasteiger partial charge in [-0.05, 0) is 48.1 Å². The Kier molecular flexibility index (Phi) is 4.53. The third kappa shape index (κ3) is 3.01. The predicted octanol–water partition coefficient (Wildman–Crippen LogP) is 5.00. The maximum atomic E-state index is 12.5. The maximum absolute atomic E-state index is 12.5. The smallest absolute Gasteiger partial charge is 0.266 e. The van der Waals surface area contributed by atoms with E-state index in [1.54, 1.807) is 5.01 Å². The Balaban J connectivity index is 1.76. The third-order valence-corrected chi connectivity index (χ3v) is 5.18. The summed E-state index contributed by atoms with van der Waals surface area (Å²) in [6, 6.07) is 20.5. The summed E-state index contributed by atoms with van der Waals surface area (Å²) >= 11 is 0. The number of benzene rings is 2. The Hall–Kier alpha value is -2.94. The van der Waals surface area contributed by atoms with Crippen molar-refractivity contribution in [3.8, 4) is 0 Å². The average Bonchev–Trinajstić information content (AvgIpc) is 3.09. The van der Waals surface area contributed by atoms with E-state index < -0.39 is 0 Å². The zero-order chi connectivity index (χ0) is 17.9. The van der Waals surface area contributed by atoms with Crippen molar-refractivity contribution in [2.45, 2.75) is 25.3 Å². The van der Waals surface area contributed by atoms with Gasteiger partial charge in [-0.2, -0.15) is 5.10 Å². The van der Waals surface area contributed by atoms with Crippen LogP contribution in [-0.2, 0) is 4.79 Å². The minimum Gasteiger partial charge on any atom is -0.268 e. The molecule has 1 heterocycles. The number of hydrazone groups is 1. The Morgan fingerprint density at radius 2 is 1.77 bits per heavy atom. The van der Waals surface area contributed by atoms with Gasteiger partial charge in [0.05, 0.1) is 11.8 Å². The molecule has 4 rings (SSSR count). The van der Waals surface area contributed by atoms with E-state index >= 15 is 0 Å². The van der Waals surface area contributed by atoms with Gasteiger partial charge in [-0.25, -0.2) is 5.01 Å². The van der Waals surface area contributed by atoms with Gasteiger partial charge in [-0.3, -0.25) is 4.79 Å². The molecule has 2 aliphatic rings. The van der Waals surface area contributed by atoms with Crippen LogP contribution in [0.5, 0.6) is 0 Å². The molecule has 1 fully saturated rings. The number of allylic oxidation sites excluding steroid dienone is 1. The molecule has 2 aromatic rings. The van der Waals surface area contributed by atoms with E-state index in [9.17, 15) is 4.79 Å². The number of nitrogens with zero attached hydrogens (tertiary/aromatic N) is 2. The summed E-state index contributed by atoms with van der Waals surface area (Å²) in [6.07, 6.45) is 6.74. The van der Waals surface area contributed by atoms with Crippen LogP contribution < -0.4 is 0 Å². The number of carbonyl (C=O) groups excluding carboxylic acids is 1. The molecule has 0 aromatic heterocycles. The lowest BCUT2D eigenvalue weighted by atomic mass is 9.77. The van der Waals surface area contributed by atoms with Gasteiger partial charge in [-0.15, -0.1) is 0 Å². The predicted molar refractivity (Wildman–Crippen MR) is 105 cm³/mol. The second-order valence-corrected chi connectivity index (χ2v) is 6.81. The van der Waals surface area contributed by atoms with Gasteiger partial charge in [-0.1, -0.05) is 67.2 Å². The molecule has 2 unspecified atom stereocenters. The highest BCUT2D eigenvalue weighted by atomic mass is 16.2. The SMILES string of the molecule is C=CC(=O)N1N=C2C(=Cc3ccccc3)CCCC2C1c1ccccc1. The molecule has 1 aliphatic carbocycles. The minimum absolute atomic E-state index is 0.0452. The Bertz CT molecular complexity index is 868. The molecule has 2 aromatic carbocycles. The molecule has 0 radical (unpaired) electrons. The fourth-order valence-corrected chi connectivity index (χ4v) is 4.01. The largest absolute Gasteiger partial charge is 0.268 e. The lowest BCUT2D eigenvalue weighted by Gasteiger charge is -2.29. The van der Waals surface area contributed by atoms with E-state index in [0.29, 0.717) is 0 Å². The first kappa shape index (κ1) is 16.5. The maximum Gasteiger partial charge on any atom is 0.266 e. The summed E-state index contributed by atoms with van der Waals surface area (Å²) in [5.74, 6) is 0.102. The number of carbonyl (C=O) groups is 1. The van der Waals surface area contributed by atoms with Gasteiger partial charge in [0.25, 0.3) is 5.91 Å². The molecule has 2 atom stereocenters. The van der Waals surface area contributed by atoms with Crippen LogP contribution >= 0.6 is 0 Å². The van der Waals surface area contributed by atoms with Crippen molar-refractivity contribution < 1.29 is 4.79 Å². The van der Waals surface area contributed by atoms with Crippen molar-refractivity contribution in [2.24, 2.45) is 11.0 Å². The third-order valence-electron chi connectivity index (χ3n) is 5.18. The Morgan fingerprint density at radius 3 is 2.46 bits per heavy atom. The van der Waals surface area contributed by atoms with Crippen LogP contribution in [0.15, 0.2) is 84.0 Å². The summed E-state index contributed by atoms with van der Waals surface area (Å²) < 4.78 is 0. The lowest BCUT2D eigenvalue weighted by molar-refractivity contribution is -0.128. The second-order valence-electron chi connectivity index (χ2n) is 6.81. The molecule has 3 heteroatoms. The zero-order valence-corrected chi connectivity index (χ0v) is 14.7. The molecule has 1 saturated carbocycles. The molecule has 0 saturated heterocycles. The number of rotatable bonds is 3. The highest BCUT2D eigenvalue weighted by Crippen LogP contribution is 2.44. The summed E-state index contributed by atoms with van der Waals surface area (Å²) in [7, 11) is 0. The van der Waals surface area contributed by atoms with Gasteiger partial charge in [0.2, 0.25) is 0 Å². The molecular weight excluding hydrogens is 320 g/mol. The number of amides is 1. The first-order chi connectivity index (χ1) is 12.8. The normalized spacial score (nSPS) is 23.5. The minimum atomic E-state index is -0.139. The van der Waals surface area contributed by atoms with Gasteiger partial charge < -0.3 is 0 Å².